The molecule has 110 valence electrons. The summed E-state index contributed by atoms with van der Waals surface area (Å²) in [6.45, 7) is 3.25. The van der Waals surface area contributed by atoms with Gasteiger partial charge in [-0.05, 0) is 42.4 Å². The Bertz CT molecular complexity index is 627. The number of para-hydroxylation sites is 1. The normalized spacial score (nSPS) is 22.5. The van der Waals surface area contributed by atoms with E-state index in [-0.39, 0.29) is 12.0 Å². The molecule has 0 saturated carbocycles. The van der Waals surface area contributed by atoms with Gasteiger partial charge in [-0.3, -0.25) is 9.69 Å². The Morgan fingerprint density at radius 1 is 1.38 bits per heavy atom. The molecule has 1 aromatic heterocycles. The third-order valence-corrected chi connectivity index (χ3v) is 4.08. The largest absolute Gasteiger partial charge is 0.481 e. The number of carboxylic acids is 1. The summed E-state index contributed by atoms with van der Waals surface area (Å²) < 4.78 is 1.70. The van der Waals surface area contributed by atoms with E-state index in [0.717, 1.165) is 18.1 Å². The lowest BCUT2D eigenvalue weighted by atomic mass is 10.0. The predicted molar refractivity (Wildman–Crippen MR) is 74.8 cm³/mol. The zero-order valence-corrected chi connectivity index (χ0v) is 11.8. The van der Waals surface area contributed by atoms with Gasteiger partial charge in [-0.2, -0.15) is 4.68 Å². The standard InChI is InChI=1S/C14H17N5O2/c1-10-12(14(20)21)7-8-18(10)9-13-15-16-17-19(13)11-5-3-2-4-6-11/h2-6,10,12H,7-9H2,1H3,(H,20,21). The Balaban J connectivity index is 1.78. The summed E-state index contributed by atoms with van der Waals surface area (Å²) in [7, 11) is 0. The Kier molecular flexibility index (Phi) is 3.66. The van der Waals surface area contributed by atoms with Crippen molar-refractivity contribution in [2.45, 2.75) is 25.9 Å². The highest BCUT2D eigenvalue weighted by molar-refractivity contribution is 5.71. The second-order valence-corrected chi connectivity index (χ2v) is 5.29. The van der Waals surface area contributed by atoms with Gasteiger partial charge in [0.1, 0.15) is 0 Å². The van der Waals surface area contributed by atoms with Gasteiger partial charge in [0.2, 0.25) is 0 Å². The average molecular weight is 287 g/mol. The monoisotopic (exact) mass is 287 g/mol. The number of carbonyl (C=O) groups is 1. The molecule has 7 nitrogen and oxygen atoms in total. The van der Waals surface area contributed by atoms with Crippen LogP contribution < -0.4 is 0 Å². The van der Waals surface area contributed by atoms with Crippen LogP contribution in [0.25, 0.3) is 5.69 Å². The summed E-state index contributed by atoms with van der Waals surface area (Å²) in [5.74, 6) is -0.321. The highest BCUT2D eigenvalue weighted by Gasteiger charge is 2.36. The van der Waals surface area contributed by atoms with Gasteiger partial charge in [-0.15, -0.1) is 5.10 Å². The molecule has 21 heavy (non-hydrogen) atoms. The maximum atomic E-state index is 11.2. The van der Waals surface area contributed by atoms with Crippen molar-refractivity contribution in [3.63, 3.8) is 0 Å². The van der Waals surface area contributed by atoms with Crippen molar-refractivity contribution in [1.29, 1.82) is 0 Å². The van der Waals surface area contributed by atoms with E-state index in [1.165, 1.54) is 0 Å². The van der Waals surface area contributed by atoms with Gasteiger partial charge in [-0.25, -0.2) is 0 Å². The number of benzene rings is 1. The van der Waals surface area contributed by atoms with E-state index < -0.39 is 5.97 Å². The minimum absolute atomic E-state index is 0.0107. The summed E-state index contributed by atoms with van der Waals surface area (Å²) in [6.07, 6.45) is 0.670. The molecule has 1 aromatic carbocycles. The number of hydrogen-bond acceptors (Lipinski definition) is 5. The zero-order chi connectivity index (χ0) is 14.8. The van der Waals surface area contributed by atoms with Gasteiger partial charge in [0.15, 0.2) is 5.82 Å². The molecule has 1 aliphatic rings. The highest BCUT2D eigenvalue weighted by Crippen LogP contribution is 2.25. The number of carboxylic acid groups (broad SMARTS) is 1. The number of aliphatic carboxylic acids is 1. The lowest BCUT2D eigenvalue weighted by Gasteiger charge is -2.22. The SMILES string of the molecule is CC1C(C(=O)O)CCN1Cc1nnnn1-c1ccccc1. The molecule has 0 bridgehead atoms. The molecule has 1 fully saturated rings. The predicted octanol–water partition coefficient (Wildman–Crippen LogP) is 0.957. The van der Waals surface area contributed by atoms with Crippen LogP contribution in [-0.4, -0.2) is 48.8 Å². The van der Waals surface area contributed by atoms with E-state index in [4.69, 9.17) is 0 Å². The van der Waals surface area contributed by atoms with Crippen molar-refractivity contribution in [1.82, 2.24) is 25.1 Å². The summed E-state index contributed by atoms with van der Waals surface area (Å²) >= 11 is 0. The van der Waals surface area contributed by atoms with Gasteiger partial charge in [-0.1, -0.05) is 18.2 Å². The van der Waals surface area contributed by atoms with Crippen LogP contribution >= 0.6 is 0 Å². The number of tetrazole rings is 1. The molecule has 2 atom stereocenters. The highest BCUT2D eigenvalue weighted by atomic mass is 16.4. The number of aromatic nitrogens is 4. The number of rotatable bonds is 4. The molecule has 3 rings (SSSR count). The Morgan fingerprint density at radius 3 is 2.81 bits per heavy atom. The maximum absolute atomic E-state index is 11.2. The molecule has 2 heterocycles. The molecular formula is C14H17N5O2. The second-order valence-electron chi connectivity index (χ2n) is 5.29. The summed E-state index contributed by atoms with van der Waals surface area (Å²) in [4.78, 5) is 13.3. The quantitative estimate of drug-likeness (QED) is 0.901. The smallest absolute Gasteiger partial charge is 0.308 e. The minimum atomic E-state index is -0.729. The van der Waals surface area contributed by atoms with E-state index in [0.29, 0.717) is 13.0 Å². The van der Waals surface area contributed by atoms with Crippen LogP contribution in [0.2, 0.25) is 0 Å². The van der Waals surface area contributed by atoms with Crippen molar-refractivity contribution in [3.05, 3.63) is 36.2 Å². The van der Waals surface area contributed by atoms with Gasteiger partial charge in [0.05, 0.1) is 18.2 Å². The fourth-order valence-corrected chi connectivity index (χ4v) is 2.81. The van der Waals surface area contributed by atoms with Crippen LogP contribution in [0.4, 0.5) is 0 Å². The van der Waals surface area contributed by atoms with E-state index >= 15 is 0 Å². The topological polar surface area (TPSA) is 84.1 Å². The van der Waals surface area contributed by atoms with Crippen LogP contribution in [-0.2, 0) is 11.3 Å². The summed E-state index contributed by atoms with van der Waals surface area (Å²) in [6, 6.07) is 9.66. The first-order valence-electron chi connectivity index (χ1n) is 6.96. The molecule has 7 heteroatoms. The lowest BCUT2D eigenvalue weighted by Crippen LogP contribution is -2.33. The molecule has 1 aliphatic heterocycles. The molecular weight excluding hydrogens is 270 g/mol. The van der Waals surface area contributed by atoms with Crippen molar-refractivity contribution < 1.29 is 9.90 Å². The first-order chi connectivity index (χ1) is 10.2. The third-order valence-electron chi connectivity index (χ3n) is 4.08. The molecule has 0 radical (unpaired) electrons. The Hall–Kier alpha value is -2.28. The fourth-order valence-electron chi connectivity index (χ4n) is 2.81. The van der Waals surface area contributed by atoms with Crippen molar-refractivity contribution in [2.75, 3.05) is 6.54 Å². The number of hydrogen-bond donors (Lipinski definition) is 1. The van der Waals surface area contributed by atoms with Gasteiger partial charge >= 0.3 is 5.97 Å². The van der Waals surface area contributed by atoms with Crippen LogP contribution in [0.15, 0.2) is 30.3 Å². The summed E-state index contributed by atoms with van der Waals surface area (Å²) in [5.41, 5.74) is 0.902. The summed E-state index contributed by atoms with van der Waals surface area (Å²) in [5, 5.41) is 21.0. The maximum Gasteiger partial charge on any atom is 0.308 e. The van der Waals surface area contributed by atoms with Crippen molar-refractivity contribution >= 4 is 5.97 Å². The molecule has 1 saturated heterocycles. The average Bonchev–Trinajstić information content (AvgIpc) is 3.08. The van der Waals surface area contributed by atoms with E-state index in [2.05, 4.69) is 20.4 Å². The fraction of sp³-hybridized carbons (Fsp3) is 0.429. The van der Waals surface area contributed by atoms with E-state index in [1.54, 1.807) is 4.68 Å². The van der Waals surface area contributed by atoms with Crippen molar-refractivity contribution in [2.24, 2.45) is 5.92 Å². The molecule has 0 spiro atoms. The van der Waals surface area contributed by atoms with Crippen LogP contribution in [0.3, 0.4) is 0 Å². The first kappa shape index (κ1) is 13.7. The van der Waals surface area contributed by atoms with Gasteiger partial charge in [0.25, 0.3) is 0 Å². The first-order valence-corrected chi connectivity index (χ1v) is 6.96. The molecule has 0 aliphatic carbocycles. The van der Waals surface area contributed by atoms with Crippen LogP contribution in [0.1, 0.15) is 19.2 Å². The van der Waals surface area contributed by atoms with Gasteiger partial charge in [0, 0.05) is 6.04 Å². The van der Waals surface area contributed by atoms with Gasteiger partial charge < -0.3 is 5.11 Å². The molecule has 1 N–H and O–H groups in total. The van der Waals surface area contributed by atoms with E-state index in [9.17, 15) is 9.90 Å². The molecule has 2 unspecified atom stereocenters. The number of likely N-dealkylation sites (tertiary alicyclic amines) is 1. The molecule has 0 amide bonds. The van der Waals surface area contributed by atoms with E-state index in [1.807, 2.05) is 37.3 Å². The van der Waals surface area contributed by atoms with Crippen LogP contribution in [0.5, 0.6) is 0 Å². The van der Waals surface area contributed by atoms with Crippen LogP contribution in [0, 0.1) is 5.92 Å². The second kappa shape index (κ2) is 5.61. The number of nitrogens with zero attached hydrogens (tertiary/aromatic N) is 5. The minimum Gasteiger partial charge on any atom is -0.481 e. The molecule has 2 aromatic rings. The van der Waals surface area contributed by atoms with Crippen molar-refractivity contribution in [3.8, 4) is 5.69 Å². The zero-order valence-electron chi connectivity index (χ0n) is 11.8. The Morgan fingerprint density at radius 2 is 2.14 bits per heavy atom. The third kappa shape index (κ3) is 2.64. The Labute approximate surface area is 122 Å². The lowest BCUT2D eigenvalue weighted by molar-refractivity contribution is -0.142.